The van der Waals surface area contributed by atoms with E-state index in [1.807, 2.05) is 23.1 Å². The summed E-state index contributed by atoms with van der Waals surface area (Å²) in [7, 11) is 3.24. The Morgan fingerprint density at radius 2 is 1.73 bits per heavy atom. The van der Waals surface area contributed by atoms with Gasteiger partial charge >= 0.3 is 6.03 Å². The van der Waals surface area contributed by atoms with Crippen LogP contribution in [0.5, 0.6) is 11.5 Å². The first-order chi connectivity index (χ1) is 12.1. The van der Waals surface area contributed by atoms with Gasteiger partial charge in [-0.25, -0.2) is 4.79 Å². The molecule has 26 heavy (non-hydrogen) atoms. The Balaban J connectivity index is 2.00. The molecule has 0 bridgehead atoms. The number of methoxy groups -OCH3 is 2. The lowest BCUT2D eigenvalue weighted by atomic mass is 9.77. The molecule has 0 radical (unpaired) electrons. The van der Waals surface area contributed by atoms with Crippen LogP contribution in [0, 0.1) is 0 Å². The molecule has 0 spiro atoms. The van der Waals surface area contributed by atoms with Gasteiger partial charge in [-0.05, 0) is 64.7 Å². The van der Waals surface area contributed by atoms with E-state index in [-0.39, 0.29) is 23.2 Å². The van der Waals surface area contributed by atoms with Crippen LogP contribution in [0.15, 0.2) is 18.2 Å². The van der Waals surface area contributed by atoms with Gasteiger partial charge in [0.1, 0.15) is 0 Å². The van der Waals surface area contributed by atoms with Gasteiger partial charge in [-0.3, -0.25) is 0 Å². The fraction of sp³-hybridized carbons (Fsp3) is 0.650. The molecule has 1 aromatic carbocycles. The number of urea groups is 1. The van der Waals surface area contributed by atoms with Crippen molar-refractivity contribution in [2.45, 2.75) is 64.1 Å². The highest BCUT2D eigenvalue weighted by atomic mass is 16.5. The predicted octanol–water partition coefficient (Wildman–Crippen LogP) is 2.94. The summed E-state index contributed by atoms with van der Waals surface area (Å²) in [6, 6.07) is 5.90. The van der Waals surface area contributed by atoms with Crippen LogP contribution in [0.4, 0.5) is 4.79 Å². The normalized spacial score (nSPS) is 19.1. The summed E-state index contributed by atoms with van der Waals surface area (Å²) < 4.78 is 10.6. The molecule has 0 saturated carbocycles. The summed E-state index contributed by atoms with van der Waals surface area (Å²) >= 11 is 0. The molecule has 1 fully saturated rings. The molecule has 0 atom stereocenters. The molecule has 6 heteroatoms. The van der Waals surface area contributed by atoms with Crippen molar-refractivity contribution in [1.82, 2.24) is 10.2 Å². The van der Waals surface area contributed by atoms with Gasteiger partial charge in [-0.2, -0.15) is 0 Å². The van der Waals surface area contributed by atoms with Crippen molar-refractivity contribution in [1.29, 1.82) is 0 Å². The molecule has 1 aliphatic rings. The van der Waals surface area contributed by atoms with Crippen molar-refractivity contribution in [2.24, 2.45) is 5.73 Å². The van der Waals surface area contributed by atoms with Gasteiger partial charge in [0.15, 0.2) is 11.5 Å². The van der Waals surface area contributed by atoms with Gasteiger partial charge in [0.2, 0.25) is 0 Å². The number of likely N-dealkylation sites (tertiary alicyclic amines) is 1. The number of benzene rings is 1. The smallest absolute Gasteiger partial charge is 0.318 e. The van der Waals surface area contributed by atoms with E-state index >= 15 is 0 Å². The molecule has 3 N–H and O–H groups in total. The van der Waals surface area contributed by atoms with Crippen LogP contribution in [0.1, 0.15) is 46.1 Å². The molecular formula is C20H33N3O3. The monoisotopic (exact) mass is 363 g/mol. The van der Waals surface area contributed by atoms with E-state index in [0.29, 0.717) is 18.0 Å². The highest BCUT2D eigenvalue weighted by Gasteiger charge is 2.46. The molecular weight excluding hydrogens is 330 g/mol. The summed E-state index contributed by atoms with van der Waals surface area (Å²) in [6.07, 6.45) is 2.33. The van der Waals surface area contributed by atoms with Gasteiger partial charge < -0.3 is 25.4 Å². The van der Waals surface area contributed by atoms with Gasteiger partial charge in [-0.15, -0.1) is 0 Å². The van der Waals surface area contributed by atoms with Crippen LogP contribution in [-0.4, -0.2) is 48.8 Å². The molecule has 2 amide bonds. The predicted molar refractivity (Wildman–Crippen MR) is 104 cm³/mol. The summed E-state index contributed by atoms with van der Waals surface area (Å²) in [5, 5.41) is 3.07. The Labute approximate surface area is 157 Å². The zero-order chi connectivity index (χ0) is 19.5. The number of carbonyl (C=O) groups is 1. The number of hydrogen-bond acceptors (Lipinski definition) is 4. The van der Waals surface area contributed by atoms with Gasteiger partial charge in [0.25, 0.3) is 0 Å². The molecule has 6 nitrogen and oxygen atoms in total. The zero-order valence-electron chi connectivity index (χ0n) is 16.9. The summed E-state index contributed by atoms with van der Waals surface area (Å²) in [5.41, 5.74) is 6.74. The number of hydrogen-bond donors (Lipinski definition) is 2. The minimum absolute atomic E-state index is 0.0348. The van der Waals surface area contributed by atoms with Crippen LogP contribution in [0.3, 0.4) is 0 Å². The van der Waals surface area contributed by atoms with Crippen LogP contribution >= 0.6 is 0 Å². The minimum atomic E-state index is -0.269. The molecule has 1 aliphatic heterocycles. The minimum Gasteiger partial charge on any atom is -0.493 e. The first kappa shape index (κ1) is 20.4. The Bertz CT molecular complexity index is 625. The van der Waals surface area contributed by atoms with E-state index in [9.17, 15) is 4.79 Å². The Hall–Kier alpha value is -1.95. The third kappa shape index (κ3) is 4.41. The van der Waals surface area contributed by atoms with E-state index in [2.05, 4.69) is 33.0 Å². The van der Waals surface area contributed by atoms with Crippen molar-refractivity contribution in [3.05, 3.63) is 23.8 Å². The molecule has 146 valence electrons. The molecule has 1 heterocycles. The molecule has 0 aromatic heterocycles. The largest absolute Gasteiger partial charge is 0.493 e. The number of rotatable bonds is 5. The SMILES string of the molecule is COc1ccc(CCNC(=O)N2C(C)(C)CC(N)CC2(C)C)cc1OC. The average molecular weight is 364 g/mol. The second kappa shape index (κ2) is 7.74. The number of carbonyl (C=O) groups excluding carboxylic acids is 1. The van der Waals surface area contributed by atoms with Crippen molar-refractivity contribution in [3.63, 3.8) is 0 Å². The summed E-state index contributed by atoms with van der Waals surface area (Å²) in [5.74, 6) is 1.40. The fourth-order valence-corrected chi connectivity index (χ4v) is 4.34. The standard InChI is InChI=1S/C20H33N3O3/c1-19(2)12-15(21)13-20(3,4)23(19)18(24)22-10-9-14-7-8-16(25-5)17(11-14)26-6/h7-8,11,15H,9-10,12-13,21H2,1-6H3,(H,22,24). The maximum absolute atomic E-state index is 12.9. The lowest BCUT2D eigenvalue weighted by Gasteiger charge is -2.54. The first-order valence-corrected chi connectivity index (χ1v) is 9.15. The topological polar surface area (TPSA) is 76.8 Å². The summed E-state index contributed by atoms with van der Waals surface area (Å²) in [6.45, 7) is 8.90. The van der Waals surface area contributed by atoms with Gasteiger partial charge in [0.05, 0.1) is 14.2 Å². The highest BCUT2D eigenvalue weighted by molar-refractivity contribution is 5.76. The van der Waals surface area contributed by atoms with Crippen LogP contribution in [0.25, 0.3) is 0 Å². The van der Waals surface area contributed by atoms with E-state index in [4.69, 9.17) is 15.2 Å². The molecule has 0 unspecified atom stereocenters. The fourth-order valence-electron chi connectivity index (χ4n) is 4.34. The second-order valence-electron chi connectivity index (χ2n) is 8.30. The number of nitrogens with two attached hydrogens (primary N) is 1. The Morgan fingerprint density at radius 3 is 2.27 bits per heavy atom. The van der Waals surface area contributed by atoms with Gasteiger partial charge in [0, 0.05) is 23.7 Å². The zero-order valence-corrected chi connectivity index (χ0v) is 16.9. The molecule has 1 saturated heterocycles. The third-order valence-electron chi connectivity index (χ3n) is 5.08. The van der Waals surface area contributed by atoms with Crippen LogP contribution < -0.4 is 20.5 Å². The van der Waals surface area contributed by atoms with Crippen molar-refractivity contribution in [3.8, 4) is 11.5 Å². The quantitative estimate of drug-likeness (QED) is 0.843. The van der Waals surface area contributed by atoms with Crippen LogP contribution in [-0.2, 0) is 6.42 Å². The van der Waals surface area contributed by atoms with Crippen LogP contribution in [0.2, 0.25) is 0 Å². The van der Waals surface area contributed by atoms with Crippen molar-refractivity contribution >= 4 is 6.03 Å². The first-order valence-electron chi connectivity index (χ1n) is 9.15. The number of amides is 2. The lowest BCUT2D eigenvalue weighted by Crippen LogP contribution is -2.67. The summed E-state index contributed by atoms with van der Waals surface area (Å²) in [4.78, 5) is 14.8. The van der Waals surface area contributed by atoms with E-state index < -0.39 is 0 Å². The maximum Gasteiger partial charge on any atom is 0.318 e. The number of nitrogens with zero attached hydrogens (tertiary/aromatic N) is 1. The van der Waals surface area contributed by atoms with E-state index in [1.165, 1.54) is 0 Å². The number of nitrogens with one attached hydrogen (secondary N) is 1. The third-order valence-corrected chi connectivity index (χ3v) is 5.08. The Kier molecular flexibility index (Phi) is 6.06. The maximum atomic E-state index is 12.9. The number of piperidine rings is 1. The highest BCUT2D eigenvalue weighted by Crippen LogP contribution is 2.37. The van der Waals surface area contributed by atoms with Crippen molar-refractivity contribution in [2.75, 3.05) is 20.8 Å². The Morgan fingerprint density at radius 1 is 1.15 bits per heavy atom. The molecule has 2 rings (SSSR count). The lowest BCUT2D eigenvalue weighted by molar-refractivity contribution is 0.00325. The molecule has 1 aromatic rings. The van der Waals surface area contributed by atoms with E-state index in [1.54, 1.807) is 14.2 Å². The number of ether oxygens (including phenoxy) is 2. The molecule has 0 aliphatic carbocycles. The second-order valence-corrected chi connectivity index (χ2v) is 8.30. The van der Waals surface area contributed by atoms with E-state index in [0.717, 1.165) is 24.8 Å². The average Bonchev–Trinajstić information content (AvgIpc) is 2.51. The van der Waals surface area contributed by atoms with Crippen molar-refractivity contribution < 1.29 is 14.3 Å². The van der Waals surface area contributed by atoms with Gasteiger partial charge in [-0.1, -0.05) is 6.07 Å².